The first kappa shape index (κ1) is 14.8. The first-order valence-corrected chi connectivity index (χ1v) is 6.42. The lowest BCUT2D eigenvalue weighted by Gasteiger charge is -2.26. The van der Waals surface area contributed by atoms with Crippen LogP contribution in [-0.2, 0) is 4.74 Å². The van der Waals surface area contributed by atoms with Crippen LogP contribution in [0.1, 0.15) is 34.1 Å². The van der Waals surface area contributed by atoms with E-state index < -0.39 is 5.60 Å². The Morgan fingerprint density at radius 2 is 2.00 bits per heavy atom. The molecular weight excluding hydrogens is 258 g/mol. The lowest BCUT2D eigenvalue weighted by Crippen LogP contribution is -2.37. The van der Waals surface area contributed by atoms with E-state index in [1.54, 1.807) is 11.9 Å². The van der Waals surface area contributed by atoms with E-state index in [0.717, 1.165) is 18.3 Å². The molecule has 0 fully saturated rings. The SMILES string of the molecule is CC[C@@H](CBr)CN(C)C(=O)OC(C)(C)C. The molecule has 0 heterocycles. The first-order chi connectivity index (χ1) is 6.80. The van der Waals surface area contributed by atoms with Gasteiger partial charge >= 0.3 is 6.09 Å². The molecule has 0 bridgehead atoms. The summed E-state index contributed by atoms with van der Waals surface area (Å²) >= 11 is 3.44. The highest BCUT2D eigenvalue weighted by atomic mass is 79.9. The van der Waals surface area contributed by atoms with Crippen molar-refractivity contribution in [2.24, 2.45) is 5.92 Å². The number of carbonyl (C=O) groups is 1. The smallest absolute Gasteiger partial charge is 0.410 e. The summed E-state index contributed by atoms with van der Waals surface area (Å²) in [5.41, 5.74) is -0.415. The number of hydrogen-bond donors (Lipinski definition) is 0. The molecule has 0 aromatic carbocycles. The highest BCUT2D eigenvalue weighted by Gasteiger charge is 2.20. The molecule has 90 valence electrons. The van der Waals surface area contributed by atoms with E-state index in [2.05, 4.69) is 22.9 Å². The summed E-state index contributed by atoms with van der Waals surface area (Å²) in [4.78, 5) is 13.3. The van der Waals surface area contributed by atoms with Crippen LogP contribution in [0.15, 0.2) is 0 Å². The Kier molecular flexibility index (Phi) is 6.25. The molecule has 3 nitrogen and oxygen atoms in total. The second-order valence-electron chi connectivity index (χ2n) is 4.79. The van der Waals surface area contributed by atoms with Crippen molar-refractivity contribution in [3.8, 4) is 0 Å². The lowest BCUT2D eigenvalue weighted by atomic mass is 10.1. The second-order valence-corrected chi connectivity index (χ2v) is 5.44. The largest absolute Gasteiger partial charge is 0.444 e. The molecular formula is C11H22BrNO2. The monoisotopic (exact) mass is 279 g/mol. The van der Waals surface area contributed by atoms with E-state index in [0.29, 0.717) is 5.92 Å². The standard InChI is InChI=1S/C11H22BrNO2/c1-6-9(7-12)8-13(5)10(14)15-11(2,3)4/h9H,6-8H2,1-5H3/t9-/m0/s1. The van der Waals surface area contributed by atoms with Crippen LogP contribution in [0.2, 0.25) is 0 Å². The Balaban J connectivity index is 4.09. The fourth-order valence-corrected chi connectivity index (χ4v) is 1.75. The minimum Gasteiger partial charge on any atom is -0.444 e. The molecule has 0 aromatic heterocycles. The number of halogens is 1. The number of hydrogen-bond acceptors (Lipinski definition) is 2. The van der Waals surface area contributed by atoms with Gasteiger partial charge in [0.15, 0.2) is 0 Å². The summed E-state index contributed by atoms with van der Waals surface area (Å²) in [6.07, 6.45) is 0.806. The van der Waals surface area contributed by atoms with Crippen molar-refractivity contribution >= 4 is 22.0 Å². The molecule has 0 saturated carbocycles. The zero-order valence-corrected chi connectivity index (χ0v) is 11.9. The Labute approximate surface area is 101 Å². The van der Waals surface area contributed by atoms with Crippen LogP contribution in [-0.4, -0.2) is 35.5 Å². The third-order valence-corrected chi connectivity index (χ3v) is 2.95. The maximum absolute atomic E-state index is 11.6. The third-order valence-electron chi connectivity index (χ3n) is 2.03. The van der Waals surface area contributed by atoms with E-state index in [1.807, 2.05) is 20.8 Å². The Morgan fingerprint density at radius 3 is 2.33 bits per heavy atom. The molecule has 15 heavy (non-hydrogen) atoms. The molecule has 0 N–H and O–H groups in total. The fraction of sp³-hybridized carbons (Fsp3) is 0.909. The normalized spacial score (nSPS) is 13.5. The molecule has 0 aliphatic heterocycles. The highest BCUT2D eigenvalue weighted by molar-refractivity contribution is 9.09. The number of ether oxygens (including phenoxy) is 1. The van der Waals surface area contributed by atoms with Crippen LogP contribution in [0.5, 0.6) is 0 Å². The van der Waals surface area contributed by atoms with Crippen LogP contribution < -0.4 is 0 Å². The molecule has 4 heteroatoms. The van der Waals surface area contributed by atoms with Gasteiger partial charge in [-0.15, -0.1) is 0 Å². The Hall–Kier alpha value is -0.250. The summed E-state index contributed by atoms with van der Waals surface area (Å²) in [6.45, 7) is 8.48. The van der Waals surface area contributed by atoms with E-state index in [9.17, 15) is 4.79 Å². The molecule has 0 unspecified atom stereocenters. The van der Waals surface area contributed by atoms with Gasteiger partial charge < -0.3 is 9.64 Å². The average molecular weight is 280 g/mol. The van der Waals surface area contributed by atoms with E-state index in [-0.39, 0.29) is 6.09 Å². The predicted molar refractivity (Wildman–Crippen MR) is 66.4 cm³/mol. The van der Waals surface area contributed by atoms with Gasteiger partial charge in [0.25, 0.3) is 0 Å². The van der Waals surface area contributed by atoms with Crippen molar-refractivity contribution in [2.75, 3.05) is 18.9 Å². The molecule has 0 saturated heterocycles. The number of alkyl halides is 1. The Morgan fingerprint density at radius 1 is 1.47 bits per heavy atom. The first-order valence-electron chi connectivity index (χ1n) is 5.30. The molecule has 0 aliphatic carbocycles. The van der Waals surface area contributed by atoms with Crippen LogP contribution >= 0.6 is 15.9 Å². The van der Waals surface area contributed by atoms with Gasteiger partial charge in [-0.1, -0.05) is 29.3 Å². The van der Waals surface area contributed by atoms with E-state index in [1.165, 1.54) is 0 Å². The maximum atomic E-state index is 11.6. The maximum Gasteiger partial charge on any atom is 0.410 e. The minimum absolute atomic E-state index is 0.248. The summed E-state index contributed by atoms with van der Waals surface area (Å²) in [6, 6.07) is 0. The minimum atomic E-state index is -0.415. The number of amides is 1. The van der Waals surface area contributed by atoms with E-state index >= 15 is 0 Å². The van der Waals surface area contributed by atoms with Gasteiger partial charge in [0.05, 0.1) is 0 Å². The Bertz CT molecular complexity index is 197. The predicted octanol–water partition coefficient (Wildman–Crippen LogP) is 3.27. The van der Waals surface area contributed by atoms with Crippen molar-refractivity contribution in [1.82, 2.24) is 4.90 Å². The molecule has 1 amide bonds. The van der Waals surface area contributed by atoms with Gasteiger partial charge in [-0.05, 0) is 26.7 Å². The summed E-state index contributed by atoms with van der Waals surface area (Å²) in [7, 11) is 1.78. The zero-order chi connectivity index (χ0) is 12.1. The van der Waals surface area contributed by atoms with Crippen LogP contribution in [0.3, 0.4) is 0 Å². The van der Waals surface area contributed by atoms with Gasteiger partial charge in [0, 0.05) is 18.9 Å². The van der Waals surface area contributed by atoms with E-state index in [4.69, 9.17) is 4.74 Å². The second kappa shape index (κ2) is 6.36. The van der Waals surface area contributed by atoms with Crippen molar-refractivity contribution < 1.29 is 9.53 Å². The fourth-order valence-electron chi connectivity index (χ4n) is 1.09. The average Bonchev–Trinajstić information content (AvgIpc) is 2.10. The lowest BCUT2D eigenvalue weighted by molar-refractivity contribution is 0.0277. The summed E-state index contributed by atoms with van der Waals surface area (Å²) < 4.78 is 5.26. The highest BCUT2D eigenvalue weighted by Crippen LogP contribution is 2.12. The molecule has 1 atom stereocenters. The molecule has 0 aliphatic rings. The van der Waals surface area contributed by atoms with Gasteiger partial charge in [-0.2, -0.15) is 0 Å². The number of rotatable bonds is 4. The summed E-state index contributed by atoms with van der Waals surface area (Å²) in [5, 5.41) is 0.913. The van der Waals surface area contributed by atoms with Crippen molar-refractivity contribution in [2.45, 2.75) is 39.7 Å². The third kappa shape index (κ3) is 6.77. The number of nitrogens with zero attached hydrogens (tertiary/aromatic N) is 1. The van der Waals surface area contributed by atoms with Gasteiger partial charge in [0.1, 0.15) is 5.60 Å². The van der Waals surface area contributed by atoms with Gasteiger partial charge in [-0.3, -0.25) is 0 Å². The topological polar surface area (TPSA) is 29.5 Å². The molecule has 0 rings (SSSR count). The van der Waals surface area contributed by atoms with Crippen LogP contribution in [0.4, 0.5) is 4.79 Å². The van der Waals surface area contributed by atoms with Gasteiger partial charge in [0.2, 0.25) is 0 Å². The summed E-state index contributed by atoms with van der Waals surface area (Å²) in [5.74, 6) is 0.488. The zero-order valence-electron chi connectivity index (χ0n) is 10.3. The molecule has 0 spiro atoms. The number of carbonyl (C=O) groups excluding carboxylic acids is 1. The van der Waals surface area contributed by atoms with Gasteiger partial charge in [-0.25, -0.2) is 4.79 Å². The van der Waals surface area contributed by atoms with Crippen molar-refractivity contribution in [1.29, 1.82) is 0 Å². The van der Waals surface area contributed by atoms with Crippen molar-refractivity contribution in [3.63, 3.8) is 0 Å². The molecule has 0 aromatic rings. The quantitative estimate of drug-likeness (QED) is 0.740. The molecule has 0 radical (unpaired) electrons. The van der Waals surface area contributed by atoms with Crippen LogP contribution in [0, 0.1) is 5.92 Å². The van der Waals surface area contributed by atoms with Crippen molar-refractivity contribution in [3.05, 3.63) is 0 Å². The van der Waals surface area contributed by atoms with Crippen LogP contribution in [0.25, 0.3) is 0 Å².